The van der Waals surface area contributed by atoms with Gasteiger partial charge in [0.2, 0.25) is 0 Å². The molecule has 2 atom stereocenters. The average molecular weight is 212 g/mol. The van der Waals surface area contributed by atoms with E-state index in [9.17, 15) is 4.79 Å². The number of unbranched alkanes of at least 4 members (excludes halogenated alkanes) is 2. The molecule has 3 N–H and O–H groups in total. The van der Waals surface area contributed by atoms with Crippen LogP contribution in [0, 0.1) is 0 Å². The molecule has 0 bridgehead atoms. The first-order valence-electron chi connectivity index (χ1n) is 5.53. The van der Waals surface area contributed by atoms with Crippen LogP contribution in [0.1, 0.15) is 39.0 Å². The molecule has 0 amide bonds. The number of carboxylic acids is 1. The topological polar surface area (TPSA) is 61.4 Å². The normalized spacial score (nSPS) is 24.7. The van der Waals surface area contributed by atoms with Gasteiger partial charge in [-0.25, -0.2) is 0 Å². The minimum absolute atomic E-state index is 0.290. The van der Waals surface area contributed by atoms with Crippen LogP contribution in [-0.2, 0) is 4.79 Å². The maximum atomic E-state index is 10.3. The highest BCUT2D eigenvalue weighted by atomic mass is 16.4. The van der Waals surface area contributed by atoms with E-state index in [-0.39, 0.29) is 0 Å². The molecular formula is C11H20N2O2. The van der Waals surface area contributed by atoms with Gasteiger partial charge in [0.25, 0.3) is 0 Å². The van der Waals surface area contributed by atoms with Crippen LogP contribution >= 0.6 is 0 Å². The lowest BCUT2D eigenvalue weighted by Gasteiger charge is -2.13. The Kier molecular flexibility index (Phi) is 4.46. The molecule has 1 saturated heterocycles. The highest BCUT2D eigenvalue weighted by Gasteiger charge is 2.23. The predicted molar refractivity (Wildman–Crippen MR) is 59.4 cm³/mol. The number of nitrogens with one attached hydrogen (secondary N) is 2. The average Bonchev–Trinajstić information content (AvgIpc) is 2.44. The van der Waals surface area contributed by atoms with Crippen molar-refractivity contribution in [3.8, 4) is 0 Å². The lowest BCUT2D eigenvalue weighted by atomic mass is 10.0. The van der Waals surface area contributed by atoms with Gasteiger partial charge in [-0.1, -0.05) is 19.4 Å². The van der Waals surface area contributed by atoms with E-state index in [0.29, 0.717) is 18.5 Å². The van der Waals surface area contributed by atoms with Gasteiger partial charge in [0.05, 0.1) is 5.82 Å². The molecule has 0 radical (unpaired) electrons. The third-order valence-corrected chi connectivity index (χ3v) is 2.77. The van der Waals surface area contributed by atoms with Crippen molar-refractivity contribution in [2.75, 3.05) is 0 Å². The van der Waals surface area contributed by atoms with Crippen molar-refractivity contribution in [2.45, 2.75) is 51.1 Å². The van der Waals surface area contributed by atoms with Crippen LogP contribution in [0.3, 0.4) is 0 Å². The van der Waals surface area contributed by atoms with Gasteiger partial charge in [0, 0.05) is 18.5 Å². The van der Waals surface area contributed by atoms with Gasteiger partial charge in [0.15, 0.2) is 0 Å². The van der Waals surface area contributed by atoms with E-state index in [4.69, 9.17) is 5.11 Å². The van der Waals surface area contributed by atoms with E-state index < -0.39 is 5.97 Å². The van der Waals surface area contributed by atoms with Gasteiger partial charge in [-0.3, -0.25) is 4.79 Å². The van der Waals surface area contributed by atoms with Gasteiger partial charge in [-0.05, 0) is 19.8 Å². The fraction of sp³-hybridized carbons (Fsp3) is 0.727. The first-order chi connectivity index (χ1) is 7.09. The zero-order chi connectivity index (χ0) is 11.3. The zero-order valence-corrected chi connectivity index (χ0v) is 9.25. The summed E-state index contributed by atoms with van der Waals surface area (Å²) in [7, 11) is 0. The fourth-order valence-electron chi connectivity index (χ4n) is 1.91. The summed E-state index contributed by atoms with van der Waals surface area (Å²) in [5.41, 5.74) is 0. The molecule has 0 aromatic heterocycles. The molecule has 86 valence electrons. The Bertz CT molecular complexity index is 241. The van der Waals surface area contributed by atoms with Gasteiger partial charge in [-0.2, -0.15) is 0 Å². The summed E-state index contributed by atoms with van der Waals surface area (Å²) >= 11 is 0. The summed E-state index contributed by atoms with van der Waals surface area (Å²) < 4.78 is 0. The third kappa shape index (κ3) is 4.23. The number of hydrogen-bond donors (Lipinski definition) is 3. The molecule has 15 heavy (non-hydrogen) atoms. The Morgan fingerprint density at radius 1 is 1.40 bits per heavy atom. The Hall–Kier alpha value is -1.19. The lowest BCUT2D eigenvalue weighted by molar-refractivity contribution is -0.137. The molecule has 1 fully saturated rings. The van der Waals surface area contributed by atoms with Gasteiger partial charge >= 0.3 is 5.97 Å². The molecule has 0 aliphatic carbocycles. The molecule has 4 nitrogen and oxygen atoms in total. The summed E-state index contributed by atoms with van der Waals surface area (Å²) in [5, 5.41) is 15.0. The van der Waals surface area contributed by atoms with Gasteiger partial charge in [0.1, 0.15) is 0 Å². The van der Waals surface area contributed by atoms with Crippen LogP contribution in [0.4, 0.5) is 0 Å². The second-order valence-corrected chi connectivity index (χ2v) is 4.16. The smallest absolute Gasteiger partial charge is 0.303 e. The van der Waals surface area contributed by atoms with Crippen LogP contribution in [0.25, 0.3) is 0 Å². The van der Waals surface area contributed by atoms with Crippen molar-refractivity contribution in [2.24, 2.45) is 0 Å². The summed E-state index contributed by atoms with van der Waals surface area (Å²) in [5.74, 6) is 0.204. The molecule has 0 aromatic carbocycles. The van der Waals surface area contributed by atoms with Crippen LogP contribution < -0.4 is 10.6 Å². The van der Waals surface area contributed by atoms with Crippen molar-refractivity contribution < 1.29 is 9.90 Å². The van der Waals surface area contributed by atoms with Crippen molar-refractivity contribution in [1.82, 2.24) is 10.6 Å². The van der Waals surface area contributed by atoms with E-state index in [1.807, 2.05) is 0 Å². The Balaban J connectivity index is 2.05. The Morgan fingerprint density at radius 3 is 2.67 bits per heavy atom. The third-order valence-electron chi connectivity index (χ3n) is 2.77. The van der Waals surface area contributed by atoms with E-state index in [2.05, 4.69) is 24.1 Å². The molecule has 0 unspecified atom stereocenters. The van der Waals surface area contributed by atoms with Crippen molar-refractivity contribution in [3.05, 3.63) is 12.4 Å². The van der Waals surface area contributed by atoms with E-state index in [1.165, 1.54) is 0 Å². The van der Waals surface area contributed by atoms with E-state index >= 15 is 0 Å². The Labute approximate surface area is 90.7 Å². The maximum Gasteiger partial charge on any atom is 0.303 e. The number of hydrogen-bond acceptors (Lipinski definition) is 3. The van der Waals surface area contributed by atoms with Crippen molar-refractivity contribution in [3.63, 3.8) is 0 Å². The molecule has 1 aliphatic rings. The van der Waals surface area contributed by atoms with Gasteiger partial charge < -0.3 is 15.7 Å². The molecular weight excluding hydrogens is 192 g/mol. The maximum absolute atomic E-state index is 10.3. The van der Waals surface area contributed by atoms with Crippen molar-refractivity contribution >= 4 is 5.97 Å². The van der Waals surface area contributed by atoms with Gasteiger partial charge in [-0.15, -0.1) is 0 Å². The quantitative estimate of drug-likeness (QED) is 0.583. The number of aliphatic carboxylic acids is 1. The first kappa shape index (κ1) is 11.9. The minimum Gasteiger partial charge on any atom is -0.481 e. The van der Waals surface area contributed by atoms with Crippen LogP contribution in [-0.4, -0.2) is 23.2 Å². The first-order valence-corrected chi connectivity index (χ1v) is 5.53. The number of carbonyl (C=O) groups is 1. The summed E-state index contributed by atoms with van der Waals surface area (Å²) in [6.07, 6.45) is 4.21. The van der Waals surface area contributed by atoms with Crippen LogP contribution in [0.2, 0.25) is 0 Å². The summed E-state index contributed by atoms with van der Waals surface area (Å²) in [4.78, 5) is 10.3. The monoisotopic (exact) mass is 212 g/mol. The lowest BCUT2D eigenvalue weighted by Crippen LogP contribution is -2.30. The largest absolute Gasteiger partial charge is 0.481 e. The fourth-order valence-corrected chi connectivity index (χ4v) is 1.91. The SMILES string of the molecule is C=C1N[C@@H](C)[C@@H](CCCCCC(=O)O)N1. The molecule has 1 heterocycles. The standard InChI is InChI=1S/C11H20N2O2/c1-8-10(13-9(2)12-8)6-4-3-5-7-11(14)15/h8,10,12-13H,2-7H2,1H3,(H,14,15)/t8-,10+/m0/s1. The zero-order valence-electron chi connectivity index (χ0n) is 9.25. The number of rotatable bonds is 6. The molecule has 4 heteroatoms. The molecule has 0 saturated carbocycles. The minimum atomic E-state index is -0.697. The van der Waals surface area contributed by atoms with E-state index in [1.54, 1.807) is 0 Å². The molecule has 1 aliphatic heterocycles. The van der Waals surface area contributed by atoms with Crippen LogP contribution in [0.5, 0.6) is 0 Å². The summed E-state index contributed by atoms with van der Waals surface area (Å²) in [6.45, 7) is 5.95. The van der Waals surface area contributed by atoms with E-state index in [0.717, 1.165) is 31.5 Å². The molecule has 0 aromatic rings. The second-order valence-electron chi connectivity index (χ2n) is 4.16. The second kappa shape index (κ2) is 5.63. The van der Waals surface area contributed by atoms with Crippen LogP contribution in [0.15, 0.2) is 12.4 Å². The Morgan fingerprint density at radius 2 is 2.13 bits per heavy atom. The number of carboxylic acid groups (broad SMARTS) is 1. The highest BCUT2D eigenvalue weighted by Crippen LogP contribution is 2.13. The molecule has 1 rings (SSSR count). The van der Waals surface area contributed by atoms with Crippen molar-refractivity contribution in [1.29, 1.82) is 0 Å². The predicted octanol–water partition coefficient (Wildman–Crippen LogP) is 1.44. The molecule has 0 spiro atoms. The highest BCUT2D eigenvalue weighted by molar-refractivity contribution is 5.66. The summed E-state index contributed by atoms with van der Waals surface area (Å²) in [6, 6.07) is 0.874.